The van der Waals surface area contributed by atoms with Gasteiger partial charge in [-0.1, -0.05) is 6.92 Å². The third-order valence-corrected chi connectivity index (χ3v) is 3.45. The van der Waals surface area contributed by atoms with Gasteiger partial charge in [-0.3, -0.25) is 0 Å². The molecular formula is C13H23NO2S. The van der Waals surface area contributed by atoms with Gasteiger partial charge in [-0.05, 0) is 32.4 Å². The number of nitrogens with two attached hydrogens (primary N) is 1. The standard InChI is InChI=1S/C13H23NO2S/c1-4-7-15-8-9-16-13(11(3)14)12-6-5-10(2)17-12/h5-6,11,13H,4,7-9,14H2,1-3H3. The van der Waals surface area contributed by atoms with E-state index in [0.717, 1.165) is 13.0 Å². The molecule has 1 heterocycles. The van der Waals surface area contributed by atoms with Gasteiger partial charge in [0.25, 0.3) is 0 Å². The first-order valence-corrected chi connectivity index (χ1v) is 6.98. The van der Waals surface area contributed by atoms with Crippen LogP contribution in [0, 0.1) is 6.92 Å². The average molecular weight is 257 g/mol. The molecule has 0 spiro atoms. The molecule has 0 aliphatic carbocycles. The second-order valence-electron chi connectivity index (χ2n) is 4.21. The van der Waals surface area contributed by atoms with Crippen LogP contribution in [0.4, 0.5) is 0 Å². The number of hydrogen-bond donors (Lipinski definition) is 1. The Morgan fingerprint density at radius 2 is 2.06 bits per heavy atom. The van der Waals surface area contributed by atoms with Crippen molar-refractivity contribution in [3.05, 3.63) is 21.9 Å². The minimum atomic E-state index is -0.0149. The lowest BCUT2D eigenvalue weighted by Gasteiger charge is -2.20. The molecule has 3 nitrogen and oxygen atoms in total. The summed E-state index contributed by atoms with van der Waals surface area (Å²) in [6.45, 7) is 8.21. The lowest BCUT2D eigenvalue weighted by atomic mass is 10.1. The number of aryl methyl sites for hydroxylation is 1. The highest BCUT2D eigenvalue weighted by molar-refractivity contribution is 7.12. The van der Waals surface area contributed by atoms with E-state index in [2.05, 4.69) is 26.0 Å². The average Bonchev–Trinajstić information content (AvgIpc) is 2.69. The van der Waals surface area contributed by atoms with E-state index in [1.54, 1.807) is 11.3 Å². The van der Waals surface area contributed by atoms with Crippen LogP contribution < -0.4 is 5.73 Å². The van der Waals surface area contributed by atoms with Crippen LogP contribution in [0.1, 0.15) is 36.1 Å². The molecule has 17 heavy (non-hydrogen) atoms. The van der Waals surface area contributed by atoms with Crippen molar-refractivity contribution in [1.29, 1.82) is 0 Å². The van der Waals surface area contributed by atoms with Gasteiger partial charge in [0, 0.05) is 22.4 Å². The van der Waals surface area contributed by atoms with Crippen LogP contribution in [0.15, 0.2) is 12.1 Å². The number of hydrogen-bond acceptors (Lipinski definition) is 4. The van der Waals surface area contributed by atoms with Crippen molar-refractivity contribution < 1.29 is 9.47 Å². The summed E-state index contributed by atoms with van der Waals surface area (Å²) in [5.41, 5.74) is 5.96. The SMILES string of the molecule is CCCOCCOC(c1ccc(C)s1)C(C)N. The van der Waals surface area contributed by atoms with Gasteiger partial charge in [-0.25, -0.2) is 0 Å². The van der Waals surface area contributed by atoms with Crippen molar-refractivity contribution in [2.24, 2.45) is 5.73 Å². The molecule has 0 fully saturated rings. The Morgan fingerprint density at radius 3 is 2.59 bits per heavy atom. The van der Waals surface area contributed by atoms with E-state index < -0.39 is 0 Å². The van der Waals surface area contributed by atoms with Crippen molar-refractivity contribution in [3.63, 3.8) is 0 Å². The zero-order chi connectivity index (χ0) is 12.7. The van der Waals surface area contributed by atoms with Crippen LogP contribution in [0.3, 0.4) is 0 Å². The van der Waals surface area contributed by atoms with Crippen LogP contribution >= 0.6 is 11.3 Å². The first-order valence-electron chi connectivity index (χ1n) is 6.16. The fourth-order valence-electron chi connectivity index (χ4n) is 1.58. The highest BCUT2D eigenvalue weighted by Crippen LogP contribution is 2.27. The van der Waals surface area contributed by atoms with Crippen molar-refractivity contribution in [1.82, 2.24) is 0 Å². The Kier molecular flexibility index (Phi) is 6.73. The smallest absolute Gasteiger partial charge is 0.106 e. The van der Waals surface area contributed by atoms with Crippen molar-refractivity contribution >= 4 is 11.3 Å². The molecule has 98 valence electrons. The zero-order valence-electron chi connectivity index (χ0n) is 10.9. The van der Waals surface area contributed by atoms with E-state index in [-0.39, 0.29) is 12.1 Å². The monoisotopic (exact) mass is 257 g/mol. The molecule has 1 rings (SSSR count). The molecule has 0 bridgehead atoms. The molecule has 1 aromatic rings. The summed E-state index contributed by atoms with van der Waals surface area (Å²) in [4.78, 5) is 2.49. The van der Waals surface area contributed by atoms with Crippen molar-refractivity contribution in [2.45, 2.75) is 39.3 Å². The van der Waals surface area contributed by atoms with Crippen LogP contribution in [0.25, 0.3) is 0 Å². The summed E-state index contributed by atoms with van der Waals surface area (Å²) in [6.07, 6.45) is 1.03. The van der Waals surface area contributed by atoms with Gasteiger partial charge in [0.2, 0.25) is 0 Å². The van der Waals surface area contributed by atoms with E-state index in [9.17, 15) is 0 Å². The number of ether oxygens (including phenoxy) is 2. The maximum absolute atomic E-state index is 5.96. The maximum atomic E-state index is 5.96. The molecule has 1 aromatic heterocycles. The van der Waals surface area contributed by atoms with Gasteiger partial charge in [-0.15, -0.1) is 11.3 Å². The quantitative estimate of drug-likeness (QED) is 0.728. The predicted molar refractivity (Wildman–Crippen MR) is 72.5 cm³/mol. The molecule has 0 aliphatic rings. The third-order valence-electron chi connectivity index (χ3n) is 2.39. The third kappa shape index (κ3) is 5.17. The Balaban J connectivity index is 2.39. The van der Waals surface area contributed by atoms with Crippen LogP contribution in [0.5, 0.6) is 0 Å². The fraction of sp³-hybridized carbons (Fsp3) is 0.692. The van der Waals surface area contributed by atoms with E-state index in [0.29, 0.717) is 13.2 Å². The predicted octanol–water partition coefficient (Wildman–Crippen LogP) is 2.89. The van der Waals surface area contributed by atoms with Gasteiger partial charge >= 0.3 is 0 Å². The second kappa shape index (κ2) is 7.82. The molecule has 0 saturated carbocycles. The summed E-state index contributed by atoms with van der Waals surface area (Å²) in [5.74, 6) is 0. The zero-order valence-corrected chi connectivity index (χ0v) is 11.8. The van der Waals surface area contributed by atoms with Crippen LogP contribution in [-0.4, -0.2) is 25.9 Å². The topological polar surface area (TPSA) is 44.5 Å². The summed E-state index contributed by atoms with van der Waals surface area (Å²) >= 11 is 1.75. The van der Waals surface area contributed by atoms with Gasteiger partial charge in [-0.2, -0.15) is 0 Å². The molecule has 0 aromatic carbocycles. The molecule has 0 aliphatic heterocycles. The van der Waals surface area contributed by atoms with Gasteiger partial charge in [0.05, 0.1) is 13.2 Å². The second-order valence-corrected chi connectivity index (χ2v) is 5.53. The molecule has 0 amide bonds. The highest BCUT2D eigenvalue weighted by Gasteiger charge is 2.18. The van der Waals surface area contributed by atoms with Crippen molar-refractivity contribution in [3.8, 4) is 0 Å². The molecule has 2 unspecified atom stereocenters. The first kappa shape index (κ1) is 14.6. The Hall–Kier alpha value is -0.420. The van der Waals surface area contributed by atoms with E-state index >= 15 is 0 Å². The molecule has 2 atom stereocenters. The van der Waals surface area contributed by atoms with E-state index in [4.69, 9.17) is 15.2 Å². The van der Waals surface area contributed by atoms with E-state index in [1.807, 2.05) is 6.92 Å². The molecule has 4 heteroatoms. The molecule has 0 radical (unpaired) electrons. The van der Waals surface area contributed by atoms with Crippen molar-refractivity contribution in [2.75, 3.05) is 19.8 Å². The summed E-state index contributed by atoms with van der Waals surface area (Å²) in [5, 5.41) is 0. The van der Waals surface area contributed by atoms with Crippen LogP contribution in [-0.2, 0) is 9.47 Å². The van der Waals surface area contributed by atoms with E-state index in [1.165, 1.54) is 9.75 Å². The number of thiophene rings is 1. The van der Waals surface area contributed by atoms with Gasteiger partial charge in [0.15, 0.2) is 0 Å². The molecular weight excluding hydrogens is 234 g/mol. The fourth-order valence-corrected chi connectivity index (χ4v) is 2.62. The normalized spacial score (nSPS) is 14.8. The largest absolute Gasteiger partial charge is 0.379 e. The first-order chi connectivity index (χ1) is 8.15. The molecule has 2 N–H and O–H groups in total. The Morgan fingerprint density at radius 1 is 1.29 bits per heavy atom. The Labute approximate surface area is 108 Å². The minimum Gasteiger partial charge on any atom is -0.379 e. The Bertz CT molecular complexity index is 312. The highest BCUT2D eigenvalue weighted by atomic mass is 32.1. The number of rotatable bonds is 8. The van der Waals surface area contributed by atoms with Gasteiger partial charge in [0.1, 0.15) is 6.10 Å². The van der Waals surface area contributed by atoms with Gasteiger partial charge < -0.3 is 15.2 Å². The molecule has 0 saturated heterocycles. The van der Waals surface area contributed by atoms with Crippen LogP contribution in [0.2, 0.25) is 0 Å². The summed E-state index contributed by atoms with van der Waals surface area (Å²) in [7, 11) is 0. The lowest BCUT2D eigenvalue weighted by molar-refractivity contribution is -0.00316. The minimum absolute atomic E-state index is 0.000717. The lowest BCUT2D eigenvalue weighted by Crippen LogP contribution is -2.27. The maximum Gasteiger partial charge on any atom is 0.106 e. The summed E-state index contributed by atoms with van der Waals surface area (Å²) in [6, 6.07) is 4.20. The summed E-state index contributed by atoms with van der Waals surface area (Å²) < 4.78 is 11.2.